The van der Waals surface area contributed by atoms with E-state index in [0.29, 0.717) is 0 Å². The third kappa shape index (κ3) is 1.86. The van der Waals surface area contributed by atoms with E-state index in [1.807, 2.05) is 0 Å². The molecule has 1 aliphatic rings. The predicted octanol–water partition coefficient (Wildman–Crippen LogP) is 1.04. The quantitative estimate of drug-likeness (QED) is 0.438. The molecule has 0 unspecified atom stereocenters. The van der Waals surface area contributed by atoms with Crippen LogP contribution in [0.5, 0.6) is 0 Å². The van der Waals surface area contributed by atoms with Crippen molar-refractivity contribution in [2.24, 2.45) is 0 Å². The lowest BCUT2D eigenvalue weighted by atomic mass is 10.2. The van der Waals surface area contributed by atoms with E-state index < -0.39 is 28.0 Å². The van der Waals surface area contributed by atoms with Gasteiger partial charge >= 0.3 is 0 Å². The van der Waals surface area contributed by atoms with Gasteiger partial charge in [-0.2, -0.15) is 0 Å². The monoisotopic (exact) mass is 238 g/mol. The second kappa shape index (κ2) is 3.93. The summed E-state index contributed by atoms with van der Waals surface area (Å²) in [7, 11) is 0. The molecule has 1 aromatic rings. The zero-order valence-electron chi connectivity index (χ0n) is 8.55. The minimum Gasteiger partial charge on any atom is -0.297 e. The molecule has 1 heterocycles. The Morgan fingerprint density at radius 3 is 2.59 bits per heavy atom. The number of ketones is 1. The van der Waals surface area contributed by atoms with Gasteiger partial charge in [0.25, 0.3) is 5.69 Å². The molecule has 1 aromatic carbocycles. The minimum atomic E-state index is -0.887. The molecule has 0 atom stereocenters. The first-order valence-electron chi connectivity index (χ1n) is 4.75. The van der Waals surface area contributed by atoms with Gasteiger partial charge in [0.2, 0.25) is 5.91 Å². The summed E-state index contributed by atoms with van der Waals surface area (Å²) in [5.74, 6) is -1.89. The molecule has 1 amide bonds. The van der Waals surface area contributed by atoms with Crippen LogP contribution in [0.4, 0.5) is 15.8 Å². The van der Waals surface area contributed by atoms with Crippen LogP contribution in [0.25, 0.3) is 0 Å². The molecule has 17 heavy (non-hydrogen) atoms. The number of nitro groups is 1. The van der Waals surface area contributed by atoms with E-state index in [4.69, 9.17) is 0 Å². The summed E-state index contributed by atoms with van der Waals surface area (Å²) in [6.07, 6.45) is -0.342. The van der Waals surface area contributed by atoms with Crippen molar-refractivity contribution in [2.45, 2.75) is 6.42 Å². The van der Waals surface area contributed by atoms with Crippen molar-refractivity contribution >= 4 is 23.1 Å². The Kier molecular flexibility index (Phi) is 2.58. The van der Waals surface area contributed by atoms with Crippen molar-refractivity contribution in [1.29, 1.82) is 0 Å². The number of nitrogens with zero attached hydrogens (tertiary/aromatic N) is 2. The first-order valence-corrected chi connectivity index (χ1v) is 4.75. The van der Waals surface area contributed by atoms with Gasteiger partial charge in [0, 0.05) is 6.07 Å². The second-order valence-corrected chi connectivity index (χ2v) is 3.56. The molecule has 0 saturated carbocycles. The molecule has 0 bridgehead atoms. The number of carbonyl (C=O) groups excluding carboxylic acids is 2. The first-order chi connectivity index (χ1) is 8.00. The lowest BCUT2D eigenvalue weighted by Crippen LogP contribution is -2.26. The number of carbonyl (C=O) groups is 2. The molecule has 0 aliphatic carbocycles. The van der Waals surface area contributed by atoms with Crippen molar-refractivity contribution in [1.82, 2.24) is 0 Å². The summed E-state index contributed by atoms with van der Waals surface area (Å²) in [6, 6.07) is 3.28. The van der Waals surface area contributed by atoms with Crippen molar-refractivity contribution in [2.75, 3.05) is 11.4 Å². The van der Waals surface area contributed by atoms with Crippen LogP contribution in [0.1, 0.15) is 6.42 Å². The normalized spacial score (nSPS) is 15.5. The minimum absolute atomic E-state index is 0.319. The Hall–Kier alpha value is -2.31. The number of amides is 1. The van der Waals surface area contributed by atoms with Gasteiger partial charge in [0.1, 0.15) is 0 Å². The fraction of sp³-hybridized carbons (Fsp3) is 0.200. The summed E-state index contributed by atoms with van der Waals surface area (Å²) in [5.41, 5.74) is -0.957. The molecule has 1 fully saturated rings. The van der Waals surface area contributed by atoms with Gasteiger partial charge in [0.15, 0.2) is 17.3 Å². The van der Waals surface area contributed by atoms with Gasteiger partial charge in [-0.3, -0.25) is 24.6 Å². The van der Waals surface area contributed by atoms with E-state index in [1.54, 1.807) is 0 Å². The standard InChI is InChI=1S/C10H7FN2O4/c11-7-2-1-3-8(13(16)17)10(7)12-5-6(14)4-9(12)15/h1-3H,4-5H2. The number of halogens is 1. The van der Waals surface area contributed by atoms with Gasteiger partial charge in [-0.1, -0.05) is 6.07 Å². The number of benzene rings is 1. The van der Waals surface area contributed by atoms with E-state index in [2.05, 4.69) is 0 Å². The summed E-state index contributed by atoms with van der Waals surface area (Å²) < 4.78 is 13.6. The van der Waals surface area contributed by atoms with Crippen molar-refractivity contribution < 1.29 is 18.9 Å². The maximum Gasteiger partial charge on any atom is 0.296 e. The highest BCUT2D eigenvalue weighted by Crippen LogP contribution is 2.32. The van der Waals surface area contributed by atoms with E-state index in [9.17, 15) is 24.1 Å². The molecule has 2 rings (SSSR count). The summed E-state index contributed by atoms with van der Waals surface area (Å²) >= 11 is 0. The highest BCUT2D eigenvalue weighted by atomic mass is 19.1. The van der Waals surface area contributed by atoms with E-state index in [-0.39, 0.29) is 18.7 Å². The Labute approximate surface area is 94.8 Å². The third-order valence-corrected chi connectivity index (χ3v) is 2.42. The maximum atomic E-state index is 13.6. The molecule has 0 N–H and O–H groups in total. The largest absolute Gasteiger partial charge is 0.297 e. The molecule has 0 radical (unpaired) electrons. The molecule has 1 saturated heterocycles. The number of rotatable bonds is 2. The van der Waals surface area contributed by atoms with Gasteiger partial charge in [-0.15, -0.1) is 0 Å². The molecular weight excluding hydrogens is 231 g/mol. The zero-order valence-corrected chi connectivity index (χ0v) is 8.55. The fourth-order valence-corrected chi connectivity index (χ4v) is 1.71. The number of Topliss-reactive ketones (excluding diaryl/α,β-unsaturated/α-hetero) is 1. The van der Waals surface area contributed by atoms with Gasteiger partial charge in [0.05, 0.1) is 17.9 Å². The number of nitro benzene ring substituents is 1. The zero-order chi connectivity index (χ0) is 12.6. The Morgan fingerprint density at radius 2 is 2.06 bits per heavy atom. The van der Waals surface area contributed by atoms with Crippen LogP contribution in [0.15, 0.2) is 18.2 Å². The molecule has 6 nitrogen and oxygen atoms in total. The van der Waals surface area contributed by atoms with Crippen molar-refractivity contribution in [3.63, 3.8) is 0 Å². The summed E-state index contributed by atoms with van der Waals surface area (Å²) in [5, 5.41) is 10.7. The number of anilines is 1. The Balaban J connectivity index is 2.54. The number of hydrogen-bond donors (Lipinski definition) is 0. The average Bonchev–Trinajstić information content (AvgIpc) is 2.57. The highest BCUT2D eigenvalue weighted by Gasteiger charge is 2.34. The third-order valence-electron chi connectivity index (χ3n) is 2.42. The van der Waals surface area contributed by atoms with Gasteiger partial charge < -0.3 is 0 Å². The molecular formula is C10H7FN2O4. The van der Waals surface area contributed by atoms with E-state index in [1.165, 1.54) is 6.07 Å². The summed E-state index contributed by atoms with van der Waals surface area (Å²) in [4.78, 5) is 33.3. The summed E-state index contributed by atoms with van der Waals surface area (Å²) in [6.45, 7) is -0.319. The second-order valence-electron chi connectivity index (χ2n) is 3.56. The van der Waals surface area contributed by atoms with Crippen LogP contribution in [0.3, 0.4) is 0 Å². The maximum absolute atomic E-state index is 13.6. The fourth-order valence-electron chi connectivity index (χ4n) is 1.71. The average molecular weight is 238 g/mol. The van der Waals surface area contributed by atoms with Crippen LogP contribution in [-0.4, -0.2) is 23.2 Å². The van der Waals surface area contributed by atoms with Crippen molar-refractivity contribution in [3.8, 4) is 0 Å². The van der Waals surface area contributed by atoms with Crippen LogP contribution < -0.4 is 4.90 Å². The lowest BCUT2D eigenvalue weighted by Gasteiger charge is -2.15. The van der Waals surface area contributed by atoms with E-state index in [0.717, 1.165) is 17.0 Å². The number of para-hydroxylation sites is 1. The van der Waals surface area contributed by atoms with Crippen LogP contribution in [-0.2, 0) is 9.59 Å². The molecule has 0 spiro atoms. The van der Waals surface area contributed by atoms with Crippen molar-refractivity contribution in [3.05, 3.63) is 34.1 Å². The lowest BCUT2D eigenvalue weighted by molar-refractivity contribution is -0.384. The number of hydrogen-bond acceptors (Lipinski definition) is 4. The smallest absolute Gasteiger partial charge is 0.296 e. The van der Waals surface area contributed by atoms with Crippen LogP contribution in [0.2, 0.25) is 0 Å². The van der Waals surface area contributed by atoms with E-state index >= 15 is 0 Å². The van der Waals surface area contributed by atoms with Crippen LogP contribution >= 0.6 is 0 Å². The SMILES string of the molecule is O=C1CC(=O)N(c2c(F)cccc2[N+](=O)[O-])C1. The topological polar surface area (TPSA) is 80.5 Å². The molecule has 1 aliphatic heterocycles. The Morgan fingerprint density at radius 1 is 1.35 bits per heavy atom. The highest BCUT2D eigenvalue weighted by molar-refractivity contribution is 6.15. The molecule has 0 aromatic heterocycles. The molecule has 7 heteroatoms. The predicted molar refractivity (Wildman–Crippen MR) is 55.0 cm³/mol. The van der Waals surface area contributed by atoms with Gasteiger partial charge in [-0.25, -0.2) is 4.39 Å². The first kappa shape index (κ1) is 11.2. The molecule has 88 valence electrons. The Bertz CT molecular complexity index is 529. The van der Waals surface area contributed by atoms with Crippen LogP contribution in [0, 0.1) is 15.9 Å². The van der Waals surface area contributed by atoms with Gasteiger partial charge in [-0.05, 0) is 6.07 Å².